The number of carbonyl (C=O) groups is 2. The van der Waals surface area contributed by atoms with E-state index < -0.39 is 5.97 Å². The number of rotatable bonds is 4. The van der Waals surface area contributed by atoms with E-state index in [2.05, 4.69) is 9.72 Å². The number of hydrogen-bond acceptors (Lipinski definition) is 5. The number of aromatic nitrogens is 1. The smallest absolute Gasteiger partial charge is 0.313 e. The second-order valence-corrected chi connectivity index (χ2v) is 2.76. The van der Waals surface area contributed by atoms with Gasteiger partial charge in [-0.25, -0.2) is 4.98 Å². The second-order valence-electron chi connectivity index (χ2n) is 2.76. The summed E-state index contributed by atoms with van der Waals surface area (Å²) in [5.74, 6) is -0.383. The van der Waals surface area contributed by atoms with Crippen LogP contribution in [0.4, 0.5) is 0 Å². The van der Waals surface area contributed by atoms with Crippen LogP contribution in [0.5, 0.6) is 5.75 Å². The molecule has 0 bridgehead atoms. The molecule has 0 radical (unpaired) electrons. The van der Waals surface area contributed by atoms with Gasteiger partial charge in [-0.15, -0.1) is 0 Å². The molecular formula is C10H11NO4. The molecule has 0 N–H and O–H groups in total. The van der Waals surface area contributed by atoms with E-state index in [-0.39, 0.29) is 17.9 Å². The third-order valence-corrected chi connectivity index (χ3v) is 1.79. The Morgan fingerprint density at radius 1 is 1.33 bits per heavy atom. The lowest BCUT2D eigenvalue weighted by atomic mass is 10.2. The fourth-order valence-electron chi connectivity index (χ4n) is 0.960. The normalized spacial score (nSPS) is 9.47. The molecule has 0 aliphatic rings. The molecule has 0 saturated carbocycles. The molecule has 80 valence electrons. The predicted octanol–water partition coefficient (Wildman–Crippen LogP) is 0.836. The number of carbonyl (C=O) groups excluding carboxylic acids is 2. The zero-order chi connectivity index (χ0) is 11.3. The summed E-state index contributed by atoms with van der Waals surface area (Å²) < 4.78 is 9.26. The number of hydrogen-bond donors (Lipinski definition) is 0. The van der Waals surface area contributed by atoms with Gasteiger partial charge in [-0.3, -0.25) is 9.59 Å². The van der Waals surface area contributed by atoms with E-state index in [0.29, 0.717) is 5.75 Å². The Morgan fingerprint density at radius 3 is 2.53 bits per heavy atom. The van der Waals surface area contributed by atoms with Crippen molar-refractivity contribution in [2.24, 2.45) is 0 Å². The fraction of sp³-hybridized carbons (Fsp3) is 0.300. The standard InChI is InChI=1S/C10H11NO4/c1-14-7-3-4-8(11-6-7)9(12)5-10(13)15-2/h3-4,6H,5H2,1-2H3. The van der Waals surface area contributed by atoms with Crippen molar-refractivity contribution >= 4 is 11.8 Å². The van der Waals surface area contributed by atoms with Crippen molar-refractivity contribution in [2.45, 2.75) is 6.42 Å². The maximum Gasteiger partial charge on any atom is 0.313 e. The van der Waals surface area contributed by atoms with Gasteiger partial charge in [-0.1, -0.05) is 0 Å². The van der Waals surface area contributed by atoms with Gasteiger partial charge in [0.2, 0.25) is 0 Å². The quantitative estimate of drug-likeness (QED) is 0.417. The Balaban J connectivity index is 2.70. The van der Waals surface area contributed by atoms with Gasteiger partial charge in [0.15, 0.2) is 5.78 Å². The molecule has 1 heterocycles. The molecule has 5 heteroatoms. The molecule has 0 spiro atoms. The van der Waals surface area contributed by atoms with Crippen LogP contribution < -0.4 is 4.74 Å². The van der Waals surface area contributed by atoms with Gasteiger partial charge in [0.05, 0.1) is 20.4 Å². The van der Waals surface area contributed by atoms with Gasteiger partial charge in [0.25, 0.3) is 0 Å². The molecule has 0 amide bonds. The van der Waals surface area contributed by atoms with Crippen LogP contribution in [0.3, 0.4) is 0 Å². The van der Waals surface area contributed by atoms with Gasteiger partial charge < -0.3 is 9.47 Å². The third-order valence-electron chi connectivity index (χ3n) is 1.79. The van der Waals surface area contributed by atoms with E-state index in [1.807, 2.05) is 0 Å². The zero-order valence-electron chi connectivity index (χ0n) is 8.52. The first kappa shape index (κ1) is 11.2. The monoisotopic (exact) mass is 209 g/mol. The minimum Gasteiger partial charge on any atom is -0.495 e. The largest absolute Gasteiger partial charge is 0.495 e. The molecule has 0 atom stereocenters. The molecule has 0 aromatic carbocycles. The van der Waals surface area contributed by atoms with Crippen molar-refractivity contribution < 1.29 is 19.1 Å². The highest BCUT2D eigenvalue weighted by Gasteiger charge is 2.12. The van der Waals surface area contributed by atoms with Gasteiger partial charge in [0, 0.05) is 0 Å². The molecular weight excluding hydrogens is 198 g/mol. The summed E-state index contributed by atoms with van der Waals surface area (Å²) in [6, 6.07) is 3.11. The Hall–Kier alpha value is -1.91. The number of esters is 1. The topological polar surface area (TPSA) is 65.5 Å². The number of Topliss-reactive ketones (excluding diaryl/α,β-unsaturated/α-hetero) is 1. The van der Waals surface area contributed by atoms with Crippen LogP contribution in [0, 0.1) is 0 Å². The van der Waals surface area contributed by atoms with E-state index in [1.165, 1.54) is 26.5 Å². The average Bonchev–Trinajstić information content (AvgIpc) is 2.29. The number of ether oxygens (including phenoxy) is 2. The minimum atomic E-state index is -0.572. The molecule has 0 unspecified atom stereocenters. The van der Waals surface area contributed by atoms with Crippen LogP contribution in [-0.4, -0.2) is 31.0 Å². The summed E-state index contributed by atoms with van der Waals surface area (Å²) in [6.45, 7) is 0. The van der Waals surface area contributed by atoms with Crippen LogP contribution in [0.15, 0.2) is 18.3 Å². The first-order valence-electron chi connectivity index (χ1n) is 4.27. The minimum absolute atomic E-state index is 0.223. The van der Waals surface area contributed by atoms with Crippen LogP contribution in [0.1, 0.15) is 16.9 Å². The number of ketones is 1. The summed E-state index contributed by atoms with van der Waals surface area (Å²) in [6.07, 6.45) is 1.13. The predicted molar refractivity (Wildman–Crippen MR) is 51.8 cm³/mol. The van der Waals surface area contributed by atoms with Crippen LogP contribution in [0.25, 0.3) is 0 Å². The zero-order valence-corrected chi connectivity index (χ0v) is 8.52. The van der Waals surface area contributed by atoms with Crippen molar-refractivity contribution in [1.82, 2.24) is 4.98 Å². The highest BCUT2D eigenvalue weighted by molar-refractivity contribution is 6.04. The van der Waals surface area contributed by atoms with Gasteiger partial charge in [-0.2, -0.15) is 0 Å². The van der Waals surface area contributed by atoms with Crippen molar-refractivity contribution in [3.8, 4) is 5.75 Å². The summed E-state index contributed by atoms with van der Waals surface area (Å²) in [7, 11) is 2.74. The maximum atomic E-state index is 11.4. The molecule has 1 aromatic rings. The first-order chi connectivity index (χ1) is 7.17. The molecule has 0 fully saturated rings. The maximum absolute atomic E-state index is 11.4. The van der Waals surface area contributed by atoms with Crippen LogP contribution in [0.2, 0.25) is 0 Å². The van der Waals surface area contributed by atoms with E-state index in [0.717, 1.165) is 0 Å². The van der Waals surface area contributed by atoms with E-state index in [9.17, 15) is 9.59 Å². The molecule has 1 rings (SSSR count). The number of pyridine rings is 1. The Labute approximate surface area is 87.0 Å². The summed E-state index contributed by atoms with van der Waals surface area (Å²) >= 11 is 0. The summed E-state index contributed by atoms with van der Waals surface area (Å²) in [5, 5.41) is 0. The second kappa shape index (κ2) is 5.09. The highest BCUT2D eigenvalue weighted by Crippen LogP contribution is 2.09. The van der Waals surface area contributed by atoms with Crippen molar-refractivity contribution in [3.05, 3.63) is 24.0 Å². The fourth-order valence-corrected chi connectivity index (χ4v) is 0.960. The van der Waals surface area contributed by atoms with E-state index >= 15 is 0 Å². The molecule has 1 aromatic heterocycles. The third kappa shape index (κ3) is 3.05. The lowest BCUT2D eigenvalue weighted by molar-refractivity contribution is -0.139. The van der Waals surface area contributed by atoms with Gasteiger partial charge in [-0.05, 0) is 12.1 Å². The molecule has 0 aliphatic carbocycles. The first-order valence-corrected chi connectivity index (χ1v) is 4.27. The summed E-state index contributed by atoms with van der Waals surface area (Å²) in [4.78, 5) is 26.1. The van der Waals surface area contributed by atoms with Crippen LogP contribution >= 0.6 is 0 Å². The highest BCUT2D eigenvalue weighted by atomic mass is 16.5. The van der Waals surface area contributed by atoms with Crippen molar-refractivity contribution in [1.29, 1.82) is 0 Å². The SMILES string of the molecule is COC(=O)CC(=O)c1ccc(OC)cn1. The van der Waals surface area contributed by atoms with Gasteiger partial charge >= 0.3 is 5.97 Å². The molecule has 5 nitrogen and oxygen atoms in total. The van der Waals surface area contributed by atoms with Crippen LogP contribution in [-0.2, 0) is 9.53 Å². The average molecular weight is 209 g/mol. The Kier molecular flexibility index (Phi) is 3.79. The van der Waals surface area contributed by atoms with Crippen molar-refractivity contribution in [2.75, 3.05) is 14.2 Å². The number of methoxy groups -OCH3 is 2. The lowest BCUT2D eigenvalue weighted by Crippen LogP contribution is -2.10. The number of nitrogens with zero attached hydrogens (tertiary/aromatic N) is 1. The van der Waals surface area contributed by atoms with E-state index in [4.69, 9.17) is 4.74 Å². The van der Waals surface area contributed by atoms with Crippen molar-refractivity contribution in [3.63, 3.8) is 0 Å². The van der Waals surface area contributed by atoms with Gasteiger partial charge in [0.1, 0.15) is 17.9 Å². The molecule has 15 heavy (non-hydrogen) atoms. The molecule has 0 saturated heterocycles. The summed E-state index contributed by atoms with van der Waals surface area (Å²) in [5.41, 5.74) is 0.223. The molecule has 0 aliphatic heterocycles. The Morgan fingerprint density at radius 2 is 2.07 bits per heavy atom. The lowest BCUT2D eigenvalue weighted by Gasteiger charge is -2.01. The van der Waals surface area contributed by atoms with E-state index in [1.54, 1.807) is 6.07 Å². The Bertz CT molecular complexity index is 358.